The normalized spacial score (nSPS) is 11.9. The summed E-state index contributed by atoms with van der Waals surface area (Å²) in [7, 11) is 0. The van der Waals surface area contributed by atoms with Crippen LogP contribution in [0.4, 0.5) is 0 Å². The molecule has 0 aliphatic rings. The summed E-state index contributed by atoms with van der Waals surface area (Å²) in [4.78, 5) is 15.8. The molecule has 13 aromatic rings. The summed E-state index contributed by atoms with van der Waals surface area (Å²) in [6, 6.07) is 72.8. The molecule has 62 heavy (non-hydrogen) atoms. The van der Waals surface area contributed by atoms with Gasteiger partial charge in [-0.05, 0) is 97.0 Å². The minimum atomic E-state index is 0.561. The molecule has 0 spiro atoms. The second-order valence-electron chi connectivity index (χ2n) is 16.0. The molecule has 0 saturated carbocycles. The maximum atomic E-state index is 6.42. The van der Waals surface area contributed by atoms with Gasteiger partial charge in [0.2, 0.25) is 5.95 Å². The molecule has 0 fully saturated rings. The number of rotatable bonds is 5. The van der Waals surface area contributed by atoms with Crippen molar-refractivity contribution in [1.82, 2.24) is 19.5 Å². The van der Waals surface area contributed by atoms with Crippen molar-refractivity contribution in [2.24, 2.45) is 0 Å². The van der Waals surface area contributed by atoms with Crippen LogP contribution < -0.4 is 0 Å². The molecule has 0 radical (unpaired) electrons. The van der Waals surface area contributed by atoms with Crippen molar-refractivity contribution >= 4 is 76.1 Å². The molecule has 0 amide bonds. The molecule has 0 atom stereocenters. The predicted octanol–water partition coefficient (Wildman–Crippen LogP) is 15.0. The molecule has 3 aromatic heterocycles. The van der Waals surface area contributed by atoms with E-state index in [1.165, 1.54) is 37.9 Å². The van der Waals surface area contributed by atoms with Crippen LogP contribution in [0.5, 0.6) is 0 Å². The Balaban J connectivity index is 1.01. The van der Waals surface area contributed by atoms with Gasteiger partial charge in [-0.25, -0.2) is 4.98 Å². The lowest BCUT2D eigenvalue weighted by Gasteiger charge is -2.13. The van der Waals surface area contributed by atoms with Gasteiger partial charge in [0.05, 0.1) is 11.0 Å². The summed E-state index contributed by atoms with van der Waals surface area (Å²) in [5.74, 6) is 1.79. The first-order valence-electron chi connectivity index (χ1n) is 20.9. The molecule has 5 heteroatoms. The largest absolute Gasteiger partial charge is 0.456 e. The quantitative estimate of drug-likeness (QED) is 0.163. The van der Waals surface area contributed by atoms with Gasteiger partial charge in [-0.3, -0.25) is 4.57 Å². The minimum Gasteiger partial charge on any atom is -0.456 e. The van der Waals surface area contributed by atoms with Crippen molar-refractivity contribution < 1.29 is 4.42 Å². The van der Waals surface area contributed by atoms with E-state index in [9.17, 15) is 0 Å². The number of hydrogen-bond donors (Lipinski definition) is 0. The zero-order chi connectivity index (χ0) is 40.7. The third kappa shape index (κ3) is 5.38. The van der Waals surface area contributed by atoms with Crippen molar-refractivity contribution in [1.29, 1.82) is 0 Å². The Morgan fingerprint density at radius 3 is 1.48 bits per heavy atom. The Labute approximate surface area is 355 Å². The summed E-state index contributed by atoms with van der Waals surface area (Å²) in [5, 5.41) is 11.7. The topological polar surface area (TPSA) is 56.7 Å². The summed E-state index contributed by atoms with van der Waals surface area (Å²) in [6.45, 7) is 0. The van der Waals surface area contributed by atoms with Gasteiger partial charge in [-0.1, -0.05) is 164 Å². The van der Waals surface area contributed by atoms with Gasteiger partial charge in [0.15, 0.2) is 11.6 Å². The monoisotopic (exact) mass is 790 g/mol. The molecule has 0 unspecified atom stereocenters. The van der Waals surface area contributed by atoms with E-state index in [4.69, 9.17) is 19.4 Å². The molecule has 3 heterocycles. The maximum Gasteiger partial charge on any atom is 0.238 e. The fraction of sp³-hybridized carbons (Fsp3) is 0. The molecule has 13 rings (SSSR count). The van der Waals surface area contributed by atoms with Crippen molar-refractivity contribution in [3.8, 4) is 51.0 Å². The van der Waals surface area contributed by atoms with Crippen LogP contribution in [-0.4, -0.2) is 19.5 Å². The first-order valence-corrected chi connectivity index (χ1v) is 20.9. The summed E-state index contributed by atoms with van der Waals surface area (Å²) in [5.41, 5.74) is 10.1. The second-order valence-corrected chi connectivity index (χ2v) is 16.0. The lowest BCUT2D eigenvalue weighted by molar-refractivity contribution is 0.669. The van der Waals surface area contributed by atoms with Gasteiger partial charge in [-0.15, -0.1) is 0 Å². The highest BCUT2D eigenvalue weighted by atomic mass is 16.3. The van der Waals surface area contributed by atoms with Crippen LogP contribution in [0.2, 0.25) is 0 Å². The van der Waals surface area contributed by atoms with Crippen LogP contribution in [0.15, 0.2) is 211 Å². The Hall–Kier alpha value is -8.41. The fourth-order valence-corrected chi connectivity index (χ4v) is 9.49. The van der Waals surface area contributed by atoms with Crippen LogP contribution in [0.25, 0.3) is 127 Å². The minimum absolute atomic E-state index is 0.561. The van der Waals surface area contributed by atoms with E-state index in [1.807, 2.05) is 24.3 Å². The average molecular weight is 791 g/mol. The summed E-state index contributed by atoms with van der Waals surface area (Å²) in [6.07, 6.45) is 0. The number of aromatic nitrogens is 4. The number of para-hydroxylation sites is 1. The molecule has 0 bridgehead atoms. The number of furan rings is 1. The SMILES string of the molecule is c1ccc(-c2ccc3c(c2)oc2ccc(-c4ccc5c6ccccc6n(-c6nc(-c7ccccc7)nc(-c7ccc8c9ccccc9c9ccccc9c8c7)n6)c5c4)cc23)cc1. The molecule has 0 aliphatic heterocycles. The van der Waals surface area contributed by atoms with Gasteiger partial charge >= 0.3 is 0 Å². The van der Waals surface area contributed by atoms with E-state index in [-0.39, 0.29) is 0 Å². The van der Waals surface area contributed by atoms with Crippen LogP contribution in [0.3, 0.4) is 0 Å². The Kier molecular flexibility index (Phi) is 7.54. The van der Waals surface area contributed by atoms with E-state index in [0.29, 0.717) is 17.6 Å². The first-order chi connectivity index (χ1) is 30.7. The Bertz CT molecular complexity index is 3890. The maximum absolute atomic E-state index is 6.42. The number of benzene rings is 10. The van der Waals surface area contributed by atoms with E-state index in [1.54, 1.807) is 0 Å². The van der Waals surface area contributed by atoms with Gasteiger partial charge < -0.3 is 4.42 Å². The number of nitrogens with zero attached hydrogens (tertiary/aromatic N) is 4. The summed E-state index contributed by atoms with van der Waals surface area (Å²) >= 11 is 0. The lowest BCUT2D eigenvalue weighted by Crippen LogP contribution is -2.06. The van der Waals surface area contributed by atoms with Gasteiger partial charge in [0.1, 0.15) is 11.2 Å². The Morgan fingerprint density at radius 1 is 0.274 bits per heavy atom. The zero-order valence-corrected chi connectivity index (χ0v) is 33.3. The summed E-state index contributed by atoms with van der Waals surface area (Å²) < 4.78 is 8.63. The first kappa shape index (κ1) is 34.5. The van der Waals surface area contributed by atoms with Crippen LogP contribution in [-0.2, 0) is 0 Å². The molecular formula is C57H34N4O. The molecule has 0 saturated heterocycles. The zero-order valence-electron chi connectivity index (χ0n) is 33.3. The second kappa shape index (κ2) is 13.6. The molecule has 10 aromatic carbocycles. The molecule has 5 nitrogen and oxygen atoms in total. The van der Waals surface area contributed by atoms with E-state index < -0.39 is 0 Å². The van der Waals surface area contributed by atoms with Gasteiger partial charge in [0.25, 0.3) is 0 Å². The smallest absolute Gasteiger partial charge is 0.238 e. The van der Waals surface area contributed by atoms with Crippen molar-refractivity contribution in [2.75, 3.05) is 0 Å². The van der Waals surface area contributed by atoms with Crippen LogP contribution in [0.1, 0.15) is 0 Å². The van der Waals surface area contributed by atoms with Crippen LogP contribution in [0, 0.1) is 0 Å². The number of fused-ring (bicyclic) bond motifs is 12. The van der Waals surface area contributed by atoms with Gasteiger partial charge in [-0.2, -0.15) is 9.97 Å². The number of hydrogen-bond acceptors (Lipinski definition) is 4. The molecule has 0 N–H and O–H groups in total. The van der Waals surface area contributed by atoms with Crippen molar-refractivity contribution in [3.63, 3.8) is 0 Å². The predicted molar refractivity (Wildman–Crippen MR) is 256 cm³/mol. The van der Waals surface area contributed by atoms with Crippen molar-refractivity contribution in [2.45, 2.75) is 0 Å². The third-order valence-electron chi connectivity index (χ3n) is 12.4. The standard InChI is InChI=1S/C57H34N4O/c1-3-13-35(14-4-1)39-24-29-48-50-31-37(26-30-53(50)62-54(48)34-39)38-23-28-47-46-21-11-12-22-51(46)61(52(47)33-38)57-59-55(36-15-5-2-6-16-36)58-56(60-57)40-25-27-45-43-19-8-7-17-41(43)42-18-9-10-20-44(42)49(45)32-40/h1-34H. The third-order valence-corrected chi connectivity index (χ3v) is 12.4. The fourth-order valence-electron chi connectivity index (χ4n) is 9.49. The van der Waals surface area contributed by atoms with Crippen LogP contribution >= 0.6 is 0 Å². The average Bonchev–Trinajstić information content (AvgIpc) is 3.89. The molecule has 0 aliphatic carbocycles. The Morgan fingerprint density at radius 2 is 0.758 bits per heavy atom. The van der Waals surface area contributed by atoms with Crippen molar-refractivity contribution in [3.05, 3.63) is 206 Å². The highest BCUT2D eigenvalue weighted by Gasteiger charge is 2.20. The van der Waals surface area contributed by atoms with E-state index in [0.717, 1.165) is 71.6 Å². The molecule has 288 valence electrons. The molecular weight excluding hydrogens is 757 g/mol. The highest BCUT2D eigenvalue weighted by Crippen LogP contribution is 2.40. The van der Waals surface area contributed by atoms with E-state index in [2.05, 4.69) is 187 Å². The van der Waals surface area contributed by atoms with Gasteiger partial charge in [0, 0.05) is 32.7 Å². The van der Waals surface area contributed by atoms with E-state index >= 15 is 0 Å². The highest BCUT2D eigenvalue weighted by molar-refractivity contribution is 6.25. The lowest BCUT2D eigenvalue weighted by atomic mass is 9.93.